The van der Waals surface area contributed by atoms with Crippen LogP contribution in [-0.2, 0) is 4.74 Å². The summed E-state index contributed by atoms with van der Waals surface area (Å²) in [5.41, 5.74) is 0.370. The summed E-state index contributed by atoms with van der Waals surface area (Å²) >= 11 is 3.71. The van der Waals surface area contributed by atoms with Crippen LogP contribution in [-0.4, -0.2) is 18.0 Å². The average Bonchev–Trinajstić information content (AvgIpc) is 1.86. The summed E-state index contributed by atoms with van der Waals surface area (Å²) in [6.07, 6.45) is 1.15. The Hall–Kier alpha value is 0.440. The van der Waals surface area contributed by atoms with Crippen molar-refractivity contribution in [2.24, 2.45) is 11.3 Å². The van der Waals surface area contributed by atoms with Gasteiger partial charge in [0.25, 0.3) is 0 Å². The molecular formula is C9H17BrO. The Bertz CT molecular complexity index is 128. The zero-order valence-electron chi connectivity index (χ0n) is 7.56. The van der Waals surface area contributed by atoms with Gasteiger partial charge < -0.3 is 4.74 Å². The SMILES string of the molecule is CC(C)(C)C1COCC[C@@H]1Br. The molecule has 2 atom stereocenters. The molecule has 0 aliphatic carbocycles. The van der Waals surface area contributed by atoms with Gasteiger partial charge in [0.2, 0.25) is 0 Å². The van der Waals surface area contributed by atoms with Gasteiger partial charge in [0.15, 0.2) is 0 Å². The molecule has 0 spiro atoms. The van der Waals surface area contributed by atoms with E-state index in [0.717, 1.165) is 19.6 Å². The highest BCUT2D eigenvalue weighted by molar-refractivity contribution is 9.09. The van der Waals surface area contributed by atoms with E-state index in [2.05, 4.69) is 36.7 Å². The summed E-state index contributed by atoms with van der Waals surface area (Å²) in [5.74, 6) is 0.663. The molecule has 0 aromatic heterocycles. The highest BCUT2D eigenvalue weighted by atomic mass is 79.9. The summed E-state index contributed by atoms with van der Waals surface area (Å²) in [7, 11) is 0. The van der Waals surface area contributed by atoms with Crippen molar-refractivity contribution >= 4 is 15.9 Å². The molecule has 2 heteroatoms. The van der Waals surface area contributed by atoms with E-state index in [1.165, 1.54) is 0 Å². The maximum absolute atomic E-state index is 5.45. The normalized spacial score (nSPS) is 33.8. The van der Waals surface area contributed by atoms with Crippen LogP contribution in [0, 0.1) is 11.3 Å². The quantitative estimate of drug-likeness (QED) is 0.571. The second-order valence-electron chi connectivity index (χ2n) is 4.35. The van der Waals surface area contributed by atoms with Crippen LogP contribution in [0.2, 0.25) is 0 Å². The molecule has 0 saturated carbocycles. The van der Waals surface area contributed by atoms with E-state index < -0.39 is 0 Å². The van der Waals surface area contributed by atoms with Gasteiger partial charge in [0.05, 0.1) is 6.61 Å². The van der Waals surface area contributed by atoms with Gasteiger partial charge in [0, 0.05) is 11.4 Å². The summed E-state index contributed by atoms with van der Waals surface area (Å²) < 4.78 is 5.45. The molecule has 0 radical (unpaired) electrons. The van der Waals surface area contributed by atoms with Gasteiger partial charge in [-0.25, -0.2) is 0 Å². The van der Waals surface area contributed by atoms with Gasteiger partial charge >= 0.3 is 0 Å². The maximum Gasteiger partial charge on any atom is 0.0510 e. The molecule has 66 valence electrons. The first kappa shape index (κ1) is 9.53. The number of ether oxygens (including phenoxy) is 1. The number of rotatable bonds is 0. The molecule has 0 N–H and O–H groups in total. The van der Waals surface area contributed by atoms with E-state index in [9.17, 15) is 0 Å². The van der Waals surface area contributed by atoms with E-state index in [4.69, 9.17) is 4.74 Å². The van der Waals surface area contributed by atoms with Crippen LogP contribution < -0.4 is 0 Å². The lowest BCUT2D eigenvalue weighted by Gasteiger charge is -2.37. The first-order chi connectivity index (χ1) is 5.02. The highest BCUT2D eigenvalue weighted by Gasteiger charge is 2.33. The van der Waals surface area contributed by atoms with Gasteiger partial charge in [-0.2, -0.15) is 0 Å². The summed E-state index contributed by atoms with van der Waals surface area (Å²) in [4.78, 5) is 0.649. The molecule has 1 heterocycles. The average molecular weight is 221 g/mol. The predicted octanol–water partition coefficient (Wildman–Crippen LogP) is 2.83. The van der Waals surface area contributed by atoms with E-state index in [0.29, 0.717) is 16.2 Å². The Labute approximate surface area is 77.6 Å². The largest absolute Gasteiger partial charge is 0.381 e. The molecule has 0 aromatic carbocycles. The molecule has 1 aliphatic heterocycles. The second kappa shape index (κ2) is 3.44. The van der Waals surface area contributed by atoms with Gasteiger partial charge in [-0.1, -0.05) is 36.7 Å². The fraction of sp³-hybridized carbons (Fsp3) is 1.00. The van der Waals surface area contributed by atoms with Crippen LogP contribution in [0.3, 0.4) is 0 Å². The molecule has 1 saturated heterocycles. The first-order valence-electron chi connectivity index (χ1n) is 4.23. The molecule has 11 heavy (non-hydrogen) atoms. The highest BCUT2D eigenvalue weighted by Crippen LogP contribution is 2.36. The van der Waals surface area contributed by atoms with Crippen molar-refractivity contribution < 1.29 is 4.74 Å². The minimum atomic E-state index is 0.370. The molecule has 1 fully saturated rings. The van der Waals surface area contributed by atoms with Crippen LogP contribution in [0.5, 0.6) is 0 Å². The fourth-order valence-corrected chi connectivity index (χ4v) is 2.64. The number of hydrogen-bond donors (Lipinski definition) is 0. The van der Waals surface area contributed by atoms with E-state index in [1.54, 1.807) is 0 Å². The lowest BCUT2D eigenvalue weighted by atomic mass is 9.78. The minimum Gasteiger partial charge on any atom is -0.381 e. The van der Waals surface area contributed by atoms with Crippen molar-refractivity contribution in [1.29, 1.82) is 0 Å². The zero-order chi connectivity index (χ0) is 8.48. The van der Waals surface area contributed by atoms with Crippen molar-refractivity contribution in [3.05, 3.63) is 0 Å². The molecule has 0 amide bonds. The minimum absolute atomic E-state index is 0.370. The topological polar surface area (TPSA) is 9.23 Å². The third-order valence-electron chi connectivity index (χ3n) is 2.38. The summed E-state index contributed by atoms with van der Waals surface area (Å²) in [6.45, 7) is 8.67. The van der Waals surface area contributed by atoms with E-state index in [1.807, 2.05) is 0 Å². The van der Waals surface area contributed by atoms with Crippen LogP contribution >= 0.6 is 15.9 Å². The zero-order valence-corrected chi connectivity index (χ0v) is 9.15. The Morgan fingerprint density at radius 2 is 2.00 bits per heavy atom. The van der Waals surface area contributed by atoms with Gasteiger partial charge in [0.1, 0.15) is 0 Å². The van der Waals surface area contributed by atoms with Crippen LogP contribution in [0.1, 0.15) is 27.2 Å². The third kappa shape index (κ3) is 2.45. The smallest absolute Gasteiger partial charge is 0.0510 e. The van der Waals surface area contributed by atoms with E-state index in [-0.39, 0.29) is 0 Å². The Morgan fingerprint density at radius 1 is 1.36 bits per heavy atom. The number of halogens is 1. The first-order valence-corrected chi connectivity index (χ1v) is 5.15. The molecule has 1 rings (SSSR count). The van der Waals surface area contributed by atoms with Crippen LogP contribution in [0.15, 0.2) is 0 Å². The molecule has 0 aromatic rings. The lowest BCUT2D eigenvalue weighted by molar-refractivity contribution is 0.0165. The summed E-state index contributed by atoms with van der Waals surface area (Å²) in [6, 6.07) is 0. The second-order valence-corrected chi connectivity index (χ2v) is 5.53. The summed E-state index contributed by atoms with van der Waals surface area (Å²) in [5, 5.41) is 0. The number of hydrogen-bond acceptors (Lipinski definition) is 1. The maximum atomic E-state index is 5.45. The fourth-order valence-electron chi connectivity index (χ4n) is 1.50. The Morgan fingerprint density at radius 3 is 2.36 bits per heavy atom. The van der Waals surface area contributed by atoms with Crippen molar-refractivity contribution in [3.63, 3.8) is 0 Å². The molecule has 1 unspecified atom stereocenters. The molecule has 0 bridgehead atoms. The van der Waals surface area contributed by atoms with Crippen molar-refractivity contribution in [3.8, 4) is 0 Å². The van der Waals surface area contributed by atoms with Gasteiger partial charge in [-0.15, -0.1) is 0 Å². The molecule has 1 aliphatic rings. The van der Waals surface area contributed by atoms with Crippen molar-refractivity contribution in [1.82, 2.24) is 0 Å². The van der Waals surface area contributed by atoms with Crippen molar-refractivity contribution in [2.75, 3.05) is 13.2 Å². The standard InChI is InChI=1S/C9H17BrO/c1-9(2,3)7-6-11-5-4-8(7)10/h7-8H,4-6H2,1-3H3/t7?,8-/m0/s1. The monoisotopic (exact) mass is 220 g/mol. The lowest BCUT2D eigenvalue weighted by Crippen LogP contribution is -2.37. The Balaban J connectivity index is 2.55. The molecular weight excluding hydrogens is 204 g/mol. The van der Waals surface area contributed by atoms with Crippen LogP contribution in [0.4, 0.5) is 0 Å². The molecule has 1 nitrogen and oxygen atoms in total. The van der Waals surface area contributed by atoms with Crippen molar-refractivity contribution in [2.45, 2.75) is 32.0 Å². The van der Waals surface area contributed by atoms with Gasteiger partial charge in [-0.05, 0) is 17.8 Å². The van der Waals surface area contributed by atoms with Crippen LogP contribution in [0.25, 0.3) is 0 Å². The van der Waals surface area contributed by atoms with E-state index >= 15 is 0 Å². The number of alkyl halides is 1. The Kier molecular flexibility index (Phi) is 2.98. The predicted molar refractivity (Wildman–Crippen MR) is 51.1 cm³/mol. The third-order valence-corrected chi connectivity index (χ3v) is 3.48. The van der Waals surface area contributed by atoms with Gasteiger partial charge in [-0.3, -0.25) is 0 Å².